The average molecular weight is 274 g/mol. The minimum Gasteiger partial charge on any atom is -0.314 e. The van der Waals surface area contributed by atoms with E-state index >= 15 is 0 Å². The van der Waals surface area contributed by atoms with E-state index < -0.39 is 0 Å². The molecule has 3 heteroatoms. The lowest BCUT2D eigenvalue weighted by atomic mass is 9.95. The van der Waals surface area contributed by atoms with Crippen LogP contribution in [0.5, 0.6) is 0 Å². The van der Waals surface area contributed by atoms with Crippen LogP contribution in [0, 0.1) is 6.92 Å². The van der Waals surface area contributed by atoms with Crippen LogP contribution in [-0.4, -0.2) is 17.6 Å². The van der Waals surface area contributed by atoms with Crippen molar-refractivity contribution < 1.29 is 0 Å². The molecule has 0 aliphatic rings. The standard InChI is InChI=1S/C16H22N2S/c1-12(2)17-10-15(14-7-5-4-6-8-14)9-16-11-18-13(3)19-16/h4-8,11-12,15,17H,9-10H2,1-3H3. The van der Waals surface area contributed by atoms with Crippen LogP contribution in [0.4, 0.5) is 0 Å². The van der Waals surface area contributed by atoms with Crippen molar-refractivity contribution in [3.63, 3.8) is 0 Å². The smallest absolute Gasteiger partial charge is 0.0896 e. The van der Waals surface area contributed by atoms with Gasteiger partial charge in [0.15, 0.2) is 0 Å². The Morgan fingerprint density at radius 2 is 1.95 bits per heavy atom. The molecule has 102 valence electrons. The van der Waals surface area contributed by atoms with Crippen LogP contribution in [0.15, 0.2) is 36.5 Å². The zero-order chi connectivity index (χ0) is 13.7. The van der Waals surface area contributed by atoms with Crippen molar-refractivity contribution in [3.8, 4) is 0 Å². The minimum atomic E-state index is 0.517. The first-order chi connectivity index (χ1) is 9.15. The lowest BCUT2D eigenvalue weighted by Crippen LogP contribution is -2.28. The number of benzene rings is 1. The Morgan fingerprint density at radius 3 is 2.53 bits per heavy atom. The Hall–Kier alpha value is -1.19. The fourth-order valence-electron chi connectivity index (χ4n) is 2.15. The van der Waals surface area contributed by atoms with Crippen molar-refractivity contribution >= 4 is 11.3 Å². The summed E-state index contributed by atoms with van der Waals surface area (Å²) in [7, 11) is 0. The number of nitrogens with one attached hydrogen (secondary N) is 1. The number of aromatic nitrogens is 1. The van der Waals surface area contributed by atoms with E-state index in [1.807, 2.05) is 6.20 Å². The molecule has 0 spiro atoms. The Labute approximate surface area is 119 Å². The molecule has 0 amide bonds. The van der Waals surface area contributed by atoms with Gasteiger partial charge in [-0.3, -0.25) is 0 Å². The quantitative estimate of drug-likeness (QED) is 0.867. The predicted octanol–water partition coefficient (Wildman–Crippen LogP) is 3.78. The highest BCUT2D eigenvalue weighted by Crippen LogP contribution is 2.23. The first-order valence-electron chi connectivity index (χ1n) is 6.85. The van der Waals surface area contributed by atoms with E-state index in [-0.39, 0.29) is 0 Å². The van der Waals surface area contributed by atoms with Gasteiger partial charge in [-0.25, -0.2) is 4.98 Å². The fraction of sp³-hybridized carbons (Fsp3) is 0.438. The molecule has 0 saturated heterocycles. The van der Waals surface area contributed by atoms with Crippen molar-refractivity contribution in [1.29, 1.82) is 0 Å². The summed E-state index contributed by atoms with van der Waals surface area (Å²) in [6.07, 6.45) is 3.08. The van der Waals surface area contributed by atoms with E-state index in [0.717, 1.165) is 18.0 Å². The van der Waals surface area contributed by atoms with Crippen LogP contribution in [0.25, 0.3) is 0 Å². The van der Waals surface area contributed by atoms with Crippen molar-refractivity contribution in [1.82, 2.24) is 10.3 Å². The average Bonchev–Trinajstić information content (AvgIpc) is 2.81. The molecule has 2 aromatic rings. The number of rotatable bonds is 6. The van der Waals surface area contributed by atoms with Crippen LogP contribution >= 0.6 is 11.3 Å². The molecule has 0 aliphatic carbocycles. The van der Waals surface area contributed by atoms with Crippen molar-refractivity contribution in [2.45, 2.75) is 39.2 Å². The summed E-state index contributed by atoms with van der Waals surface area (Å²) in [5, 5.41) is 4.71. The van der Waals surface area contributed by atoms with Crippen LogP contribution in [0.3, 0.4) is 0 Å². The molecule has 1 atom stereocenters. The summed E-state index contributed by atoms with van der Waals surface area (Å²) in [6, 6.07) is 11.3. The van der Waals surface area contributed by atoms with Gasteiger partial charge in [0.2, 0.25) is 0 Å². The predicted molar refractivity (Wildman–Crippen MR) is 82.9 cm³/mol. The summed E-state index contributed by atoms with van der Waals surface area (Å²) in [4.78, 5) is 5.73. The van der Waals surface area contributed by atoms with Gasteiger partial charge in [-0.2, -0.15) is 0 Å². The molecule has 2 rings (SSSR count). The van der Waals surface area contributed by atoms with E-state index in [9.17, 15) is 0 Å². The van der Waals surface area contributed by atoms with Gasteiger partial charge in [-0.15, -0.1) is 11.3 Å². The molecule has 1 heterocycles. The highest BCUT2D eigenvalue weighted by Gasteiger charge is 2.14. The Morgan fingerprint density at radius 1 is 1.21 bits per heavy atom. The monoisotopic (exact) mass is 274 g/mol. The molecule has 1 N–H and O–H groups in total. The molecule has 19 heavy (non-hydrogen) atoms. The van der Waals surface area contributed by atoms with Gasteiger partial charge in [0, 0.05) is 29.6 Å². The lowest BCUT2D eigenvalue weighted by Gasteiger charge is -2.19. The Kier molecular flexibility index (Phi) is 5.11. The summed E-state index contributed by atoms with van der Waals surface area (Å²) >= 11 is 1.81. The van der Waals surface area contributed by atoms with E-state index in [0.29, 0.717) is 12.0 Å². The summed E-state index contributed by atoms with van der Waals surface area (Å²) < 4.78 is 0. The third-order valence-electron chi connectivity index (χ3n) is 3.16. The van der Waals surface area contributed by atoms with Crippen LogP contribution in [-0.2, 0) is 6.42 Å². The van der Waals surface area contributed by atoms with E-state index in [2.05, 4.69) is 61.4 Å². The van der Waals surface area contributed by atoms with Crippen LogP contribution < -0.4 is 5.32 Å². The van der Waals surface area contributed by atoms with Gasteiger partial charge in [0.1, 0.15) is 0 Å². The number of hydrogen-bond acceptors (Lipinski definition) is 3. The molecule has 0 bridgehead atoms. The van der Waals surface area contributed by atoms with Crippen molar-refractivity contribution in [3.05, 3.63) is 52.0 Å². The molecule has 2 nitrogen and oxygen atoms in total. The van der Waals surface area contributed by atoms with Crippen LogP contribution in [0.2, 0.25) is 0 Å². The second-order valence-electron chi connectivity index (χ2n) is 5.22. The van der Waals surface area contributed by atoms with E-state index in [4.69, 9.17) is 0 Å². The zero-order valence-electron chi connectivity index (χ0n) is 11.9. The maximum Gasteiger partial charge on any atom is 0.0896 e. The fourth-order valence-corrected chi connectivity index (χ4v) is 3.03. The highest BCUT2D eigenvalue weighted by molar-refractivity contribution is 7.11. The molecule has 1 unspecified atom stereocenters. The van der Waals surface area contributed by atoms with Crippen molar-refractivity contribution in [2.24, 2.45) is 0 Å². The molecular weight excluding hydrogens is 252 g/mol. The molecule has 1 aromatic heterocycles. The van der Waals surface area contributed by atoms with E-state index in [1.54, 1.807) is 11.3 Å². The third-order valence-corrected chi connectivity index (χ3v) is 4.10. The SMILES string of the molecule is Cc1ncc(CC(CNC(C)C)c2ccccc2)s1. The maximum absolute atomic E-state index is 4.36. The van der Waals surface area contributed by atoms with Crippen LogP contribution in [0.1, 0.15) is 35.2 Å². The second-order valence-corrected chi connectivity index (χ2v) is 6.54. The molecule has 0 saturated carbocycles. The lowest BCUT2D eigenvalue weighted by molar-refractivity contribution is 0.528. The van der Waals surface area contributed by atoms with Gasteiger partial charge in [0.25, 0.3) is 0 Å². The summed E-state index contributed by atoms with van der Waals surface area (Å²) in [6.45, 7) is 7.47. The molecule has 0 radical (unpaired) electrons. The number of thiazole rings is 1. The largest absolute Gasteiger partial charge is 0.314 e. The first-order valence-corrected chi connectivity index (χ1v) is 7.66. The normalized spacial score (nSPS) is 12.8. The van der Waals surface area contributed by atoms with Crippen molar-refractivity contribution in [2.75, 3.05) is 6.54 Å². The summed E-state index contributed by atoms with van der Waals surface area (Å²) in [5.41, 5.74) is 1.40. The Bertz CT molecular complexity index is 490. The molecule has 1 aromatic carbocycles. The number of aryl methyl sites for hydroxylation is 1. The number of nitrogens with zero attached hydrogens (tertiary/aromatic N) is 1. The zero-order valence-corrected chi connectivity index (χ0v) is 12.7. The molecule has 0 aliphatic heterocycles. The second kappa shape index (κ2) is 6.83. The minimum absolute atomic E-state index is 0.517. The maximum atomic E-state index is 4.36. The topological polar surface area (TPSA) is 24.9 Å². The van der Waals surface area contributed by atoms with Gasteiger partial charge in [0.05, 0.1) is 5.01 Å². The number of hydrogen-bond donors (Lipinski definition) is 1. The summed E-state index contributed by atoms with van der Waals surface area (Å²) in [5.74, 6) is 0.517. The van der Waals surface area contributed by atoms with Gasteiger partial charge in [-0.05, 0) is 18.9 Å². The first kappa shape index (κ1) is 14.2. The van der Waals surface area contributed by atoms with Gasteiger partial charge in [-0.1, -0.05) is 44.2 Å². The molecule has 0 fully saturated rings. The third kappa shape index (κ3) is 4.44. The van der Waals surface area contributed by atoms with E-state index in [1.165, 1.54) is 10.4 Å². The van der Waals surface area contributed by atoms with Gasteiger partial charge >= 0.3 is 0 Å². The van der Waals surface area contributed by atoms with Gasteiger partial charge < -0.3 is 5.32 Å². The highest BCUT2D eigenvalue weighted by atomic mass is 32.1. The Balaban J connectivity index is 2.10. The molecular formula is C16H22N2S.